The third-order valence-corrected chi connectivity index (χ3v) is 2.01. The first-order valence-corrected chi connectivity index (χ1v) is 4.37. The molecule has 0 aliphatic carbocycles. The first-order valence-electron chi connectivity index (χ1n) is 4.37. The van der Waals surface area contributed by atoms with Crippen LogP contribution in [0, 0.1) is 0 Å². The van der Waals surface area contributed by atoms with Crippen LogP contribution in [0.2, 0.25) is 0 Å². The first-order chi connectivity index (χ1) is 6.69. The Labute approximate surface area is 82.8 Å². The van der Waals surface area contributed by atoms with Gasteiger partial charge in [-0.05, 0) is 5.56 Å². The van der Waals surface area contributed by atoms with Crippen LogP contribution in [0.15, 0.2) is 18.9 Å². The molecule has 0 saturated carbocycles. The zero-order valence-corrected chi connectivity index (χ0v) is 8.26. The molecule has 74 valence electrons. The Hall–Kier alpha value is -1.77. The Morgan fingerprint density at radius 3 is 3.00 bits per heavy atom. The standard InChI is InChI=1S/C11H14N2O/c1-4-5-10-8(2)13-7-9(10)6-11(14)12-3/h4-5,7,13H,1-2,6H2,3H3,(H,12,14)/b10-5+. The van der Waals surface area contributed by atoms with E-state index < -0.39 is 0 Å². The summed E-state index contributed by atoms with van der Waals surface area (Å²) in [7, 11) is 1.62. The van der Waals surface area contributed by atoms with Gasteiger partial charge in [-0.1, -0.05) is 25.3 Å². The third-order valence-electron chi connectivity index (χ3n) is 2.01. The lowest BCUT2D eigenvalue weighted by molar-refractivity contribution is -0.119. The summed E-state index contributed by atoms with van der Waals surface area (Å²) in [4.78, 5) is 14.1. The number of carbonyl (C=O) groups is 1. The molecule has 1 heterocycles. The Kier molecular flexibility index (Phi) is 3.29. The van der Waals surface area contributed by atoms with Crippen molar-refractivity contribution in [3.63, 3.8) is 0 Å². The highest BCUT2D eigenvalue weighted by Gasteiger charge is 2.03. The summed E-state index contributed by atoms with van der Waals surface area (Å²) in [6.07, 6.45) is 5.69. The summed E-state index contributed by atoms with van der Waals surface area (Å²) in [5, 5.41) is 4.34. The normalized spacial score (nSPS) is 11.4. The number of amides is 1. The molecule has 3 nitrogen and oxygen atoms in total. The van der Waals surface area contributed by atoms with Gasteiger partial charge in [0.15, 0.2) is 0 Å². The summed E-state index contributed by atoms with van der Waals surface area (Å²) >= 11 is 0. The molecule has 14 heavy (non-hydrogen) atoms. The van der Waals surface area contributed by atoms with Gasteiger partial charge in [-0.2, -0.15) is 0 Å². The fourth-order valence-electron chi connectivity index (χ4n) is 1.26. The Morgan fingerprint density at radius 2 is 2.43 bits per heavy atom. The third kappa shape index (κ3) is 2.13. The van der Waals surface area contributed by atoms with Gasteiger partial charge in [-0.25, -0.2) is 0 Å². The van der Waals surface area contributed by atoms with Crippen molar-refractivity contribution in [3.05, 3.63) is 35.0 Å². The molecule has 3 heteroatoms. The van der Waals surface area contributed by atoms with E-state index in [2.05, 4.69) is 23.5 Å². The number of aromatic nitrogens is 1. The van der Waals surface area contributed by atoms with Crippen molar-refractivity contribution in [1.29, 1.82) is 0 Å². The number of nitrogens with one attached hydrogen (secondary N) is 2. The zero-order chi connectivity index (χ0) is 10.6. The molecular weight excluding hydrogens is 176 g/mol. The zero-order valence-electron chi connectivity index (χ0n) is 8.26. The van der Waals surface area contributed by atoms with Crippen LogP contribution in [-0.2, 0) is 11.2 Å². The van der Waals surface area contributed by atoms with Crippen molar-refractivity contribution < 1.29 is 4.79 Å². The van der Waals surface area contributed by atoms with Gasteiger partial charge in [-0.3, -0.25) is 4.79 Å². The topological polar surface area (TPSA) is 44.9 Å². The minimum absolute atomic E-state index is 0.0114. The predicted molar refractivity (Wildman–Crippen MR) is 58.0 cm³/mol. The van der Waals surface area contributed by atoms with Gasteiger partial charge >= 0.3 is 0 Å². The van der Waals surface area contributed by atoms with E-state index >= 15 is 0 Å². The van der Waals surface area contributed by atoms with Crippen LogP contribution in [0.25, 0.3) is 12.7 Å². The highest BCUT2D eigenvalue weighted by Crippen LogP contribution is 1.88. The van der Waals surface area contributed by atoms with E-state index in [-0.39, 0.29) is 5.91 Å². The molecule has 2 N–H and O–H groups in total. The van der Waals surface area contributed by atoms with Crippen LogP contribution in [0.5, 0.6) is 0 Å². The molecule has 0 spiro atoms. The summed E-state index contributed by atoms with van der Waals surface area (Å²) in [5.41, 5.74) is 0.939. The van der Waals surface area contributed by atoms with Crippen molar-refractivity contribution in [2.45, 2.75) is 6.42 Å². The second-order valence-electron chi connectivity index (χ2n) is 2.96. The second-order valence-corrected chi connectivity index (χ2v) is 2.96. The van der Waals surface area contributed by atoms with Gasteiger partial charge in [0.05, 0.1) is 6.42 Å². The number of aromatic amines is 1. The molecule has 1 rings (SSSR count). The number of hydrogen-bond donors (Lipinski definition) is 2. The Balaban J connectivity index is 3.10. The van der Waals surface area contributed by atoms with Crippen LogP contribution >= 0.6 is 0 Å². The lowest BCUT2D eigenvalue weighted by Crippen LogP contribution is -2.27. The van der Waals surface area contributed by atoms with Gasteiger partial charge < -0.3 is 10.3 Å². The molecule has 0 aromatic carbocycles. The van der Waals surface area contributed by atoms with Crippen LogP contribution in [0.3, 0.4) is 0 Å². The van der Waals surface area contributed by atoms with Crippen LogP contribution in [0.4, 0.5) is 0 Å². The lowest BCUT2D eigenvalue weighted by Gasteiger charge is -1.95. The van der Waals surface area contributed by atoms with Gasteiger partial charge in [-0.15, -0.1) is 0 Å². The summed E-state index contributed by atoms with van der Waals surface area (Å²) in [6, 6.07) is 0. The van der Waals surface area contributed by atoms with Crippen molar-refractivity contribution >= 4 is 18.6 Å². The molecule has 0 fully saturated rings. The highest BCUT2D eigenvalue weighted by molar-refractivity contribution is 5.78. The van der Waals surface area contributed by atoms with Crippen molar-refractivity contribution in [2.75, 3.05) is 7.05 Å². The number of allylic oxidation sites excluding steroid dienone is 1. The van der Waals surface area contributed by atoms with Crippen molar-refractivity contribution in [2.24, 2.45) is 0 Å². The quantitative estimate of drug-likeness (QED) is 0.674. The Morgan fingerprint density at radius 1 is 1.71 bits per heavy atom. The van der Waals surface area contributed by atoms with E-state index in [9.17, 15) is 4.79 Å². The molecule has 0 bridgehead atoms. The second kappa shape index (κ2) is 4.46. The summed E-state index contributed by atoms with van der Waals surface area (Å²) in [5.74, 6) is -0.0114. The fourth-order valence-corrected chi connectivity index (χ4v) is 1.26. The predicted octanol–water partition coefficient (Wildman–Crippen LogP) is -0.320. The van der Waals surface area contributed by atoms with E-state index in [4.69, 9.17) is 0 Å². The van der Waals surface area contributed by atoms with Gasteiger partial charge in [0.2, 0.25) is 5.91 Å². The van der Waals surface area contributed by atoms with E-state index in [0.29, 0.717) is 6.42 Å². The molecule has 1 amide bonds. The van der Waals surface area contributed by atoms with E-state index in [1.54, 1.807) is 19.3 Å². The van der Waals surface area contributed by atoms with Crippen molar-refractivity contribution in [1.82, 2.24) is 10.3 Å². The van der Waals surface area contributed by atoms with Crippen LogP contribution in [-0.4, -0.2) is 17.9 Å². The molecule has 0 saturated heterocycles. The SMILES string of the molecule is C=C/C=c1/c(CC(=O)NC)c[nH]c1=C. The highest BCUT2D eigenvalue weighted by atomic mass is 16.1. The average Bonchev–Trinajstić information content (AvgIpc) is 2.50. The lowest BCUT2D eigenvalue weighted by atomic mass is 10.2. The minimum atomic E-state index is -0.0114. The number of hydrogen-bond acceptors (Lipinski definition) is 1. The van der Waals surface area contributed by atoms with E-state index in [1.165, 1.54) is 0 Å². The minimum Gasteiger partial charge on any atom is -0.361 e. The maximum absolute atomic E-state index is 11.2. The molecule has 0 atom stereocenters. The van der Waals surface area contributed by atoms with E-state index in [0.717, 1.165) is 16.1 Å². The van der Waals surface area contributed by atoms with Gasteiger partial charge in [0.1, 0.15) is 0 Å². The number of likely N-dealkylation sites (N-methyl/N-ethyl adjacent to an activating group) is 1. The van der Waals surface area contributed by atoms with Gasteiger partial charge in [0, 0.05) is 23.8 Å². The van der Waals surface area contributed by atoms with E-state index in [1.807, 2.05) is 6.08 Å². The number of rotatable bonds is 3. The molecular formula is C11H14N2O. The maximum Gasteiger partial charge on any atom is 0.224 e. The fraction of sp³-hybridized carbons (Fsp3) is 0.182. The molecule has 0 aliphatic heterocycles. The van der Waals surface area contributed by atoms with Crippen molar-refractivity contribution in [3.8, 4) is 0 Å². The maximum atomic E-state index is 11.2. The van der Waals surface area contributed by atoms with Crippen LogP contribution in [0.1, 0.15) is 5.56 Å². The molecule has 0 aliphatic rings. The molecule has 0 unspecified atom stereocenters. The summed E-state index contributed by atoms with van der Waals surface area (Å²) in [6.45, 7) is 7.45. The summed E-state index contributed by atoms with van der Waals surface area (Å²) < 4.78 is 0. The average molecular weight is 190 g/mol. The van der Waals surface area contributed by atoms with Crippen LogP contribution < -0.4 is 15.9 Å². The van der Waals surface area contributed by atoms with Gasteiger partial charge in [0.25, 0.3) is 0 Å². The Bertz CT molecular complexity index is 442. The first kappa shape index (κ1) is 10.3. The molecule has 1 aromatic rings. The molecule has 1 aromatic heterocycles. The number of H-pyrrole nitrogens is 1. The smallest absolute Gasteiger partial charge is 0.224 e. The largest absolute Gasteiger partial charge is 0.361 e. The monoisotopic (exact) mass is 190 g/mol. The molecule has 0 radical (unpaired) electrons. The number of carbonyl (C=O) groups excluding carboxylic acids is 1.